The molecule has 12 N–H and O–H groups in total. The van der Waals surface area contributed by atoms with E-state index in [4.69, 9.17) is 9.79 Å². The van der Waals surface area contributed by atoms with Crippen molar-refractivity contribution in [2.45, 2.75) is 12.8 Å². The Bertz CT molecular complexity index is 183. The molecule has 0 spiro atoms. The third kappa shape index (κ3) is 29.9. The fraction of sp³-hybridized carbons (Fsp3) is 1.00. The predicted molar refractivity (Wildman–Crippen MR) is 75.2 cm³/mol. The maximum atomic E-state index is 8.71. The van der Waals surface area contributed by atoms with Crippen LogP contribution in [0.4, 0.5) is 0 Å². The smallest absolute Gasteiger partial charge is 0.321 e. The Morgan fingerprint density at radius 2 is 1.50 bits per heavy atom. The van der Waals surface area contributed by atoms with Crippen molar-refractivity contribution >= 4 is 18.5 Å². The average Bonchev–Trinajstić information content (AvgIpc) is 2.08. The van der Waals surface area contributed by atoms with Crippen LogP contribution in [0.1, 0.15) is 12.8 Å². The van der Waals surface area contributed by atoms with Gasteiger partial charge in [-0.1, -0.05) is 0 Å². The van der Waals surface area contributed by atoms with Crippen LogP contribution < -0.4 is 10.6 Å². The molecule has 0 rings (SSSR count). The van der Waals surface area contributed by atoms with Crippen LogP contribution in [0.25, 0.3) is 0 Å². The molecule has 18 heavy (non-hydrogen) atoms. The predicted octanol–water partition coefficient (Wildman–Crippen LogP) is -3.50. The van der Waals surface area contributed by atoms with Crippen LogP contribution in [0.2, 0.25) is 0 Å². The Morgan fingerprint density at radius 3 is 1.94 bits per heavy atom. The normalized spacial score (nSPS) is 9.28. The number of rotatable bonds is 9. The van der Waals surface area contributed by atoms with E-state index in [1.54, 1.807) is 0 Å². The molecule has 0 aromatic carbocycles. The van der Waals surface area contributed by atoms with Crippen molar-refractivity contribution in [1.29, 1.82) is 0 Å². The Kier molecular flexibility index (Phi) is 33.8. The van der Waals surface area contributed by atoms with Crippen LogP contribution in [0.15, 0.2) is 0 Å². The average molecular weight is 314 g/mol. The first-order valence-electron chi connectivity index (χ1n) is 4.61. The van der Waals surface area contributed by atoms with E-state index >= 15 is 0 Å². The van der Waals surface area contributed by atoms with Gasteiger partial charge in [-0.25, -0.2) is 0 Å². The molecule has 0 aliphatic heterocycles. The lowest BCUT2D eigenvalue weighted by Gasteiger charge is -2.08. The largest absolute Gasteiger partial charge is 0.412 e. The summed E-state index contributed by atoms with van der Waals surface area (Å²) in [7, 11) is 1.93. The molecule has 0 aromatic rings. The molecule has 118 valence electrons. The number of hydrogen-bond donors (Lipinski definition) is 4. The van der Waals surface area contributed by atoms with Gasteiger partial charge in [0.05, 0.1) is 6.61 Å². The summed E-state index contributed by atoms with van der Waals surface area (Å²) in [6.45, 7) is -0.678. The highest BCUT2D eigenvalue weighted by Crippen LogP contribution is 2.35. The molecular formula is C7H27N2O7PS. The van der Waals surface area contributed by atoms with Gasteiger partial charge >= 0.3 is 6.72 Å². The van der Waals surface area contributed by atoms with E-state index in [0.29, 0.717) is 6.54 Å². The molecule has 0 radical (unpaired) electrons. The highest BCUT2D eigenvalue weighted by Gasteiger charge is 2.05. The molecular weight excluding hydrogens is 287 g/mol. The fourth-order valence-electron chi connectivity index (χ4n) is 0.914. The molecule has 0 saturated heterocycles. The van der Waals surface area contributed by atoms with Gasteiger partial charge in [0.2, 0.25) is 0 Å². The Balaban J connectivity index is -0.000000141. The van der Waals surface area contributed by atoms with Crippen molar-refractivity contribution in [3.63, 3.8) is 0 Å². The fourth-order valence-corrected chi connectivity index (χ4v) is 1.47. The Labute approximate surface area is 112 Å². The van der Waals surface area contributed by atoms with Crippen LogP contribution in [-0.4, -0.2) is 65.0 Å². The Hall–Kier alpha value is 0.290. The van der Waals surface area contributed by atoms with E-state index in [1.165, 1.54) is 0 Å². The van der Waals surface area contributed by atoms with E-state index in [-0.39, 0.29) is 28.5 Å². The molecule has 0 amide bonds. The van der Waals surface area contributed by atoms with Gasteiger partial charge in [0.1, 0.15) is 0 Å². The summed E-state index contributed by atoms with van der Waals surface area (Å²) < 4.78 is 4.62. The maximum Gasteiger partial charge on any atom is 0.321 e. The van der Waals surface area contributed by atoms with E-state index < -0.39 is 6.72 Å². The minimum atomic E-state index is -3.45. The van der Waals surface area contributed by atoms with Gasteiger partial charge in [0, 0.05) is 6.54 Å². The topological polar surface area (TPSA) is 200 Å². The number of hydrogen-bond acceptors (Lipinski definition) is 4. The minimum absolute atomic E-state index is 0. The van der Waals surface area contributed by atoms with Crippen molar-refractivity contribution in [3.8, 4) is 0 Å². The SMILES string of the molecule is CNCCCCNCCOP(O)(O)=S.O.O.O.O. The van der Waals surface area contributed by atoms with Crippen LogP contribution >= 0.6 is 6.72 Å². The van der Waals surface area contributed by atoms with Crippen molar-refractivity contribution in [3.05, 3.63) is 0 Å². The van der Waals surface area contributed by atoms with E-state index in [1.807, 2.05) is 7.05 Å². The van der Waals surface area contributed by atoms with Crippen LogP contribution in [-0.2, 0) is 16.3 Å². The number of nitrogens with one attached hydrogen (secondary N) is 2. The molecule has 0 heterocycles. The quantitative estimate of drug-likeness (QED) is 0.251. The lowest BCUT2D eigenvalue weighted by molar-refractivity contribution is 0.251. The molecule has 0 aliphatic carbocycles. The van der Waals surface area contributed by atoms with Gasteiger partial charge in [-0.3, -0.25) is 0 Å². The molecule has 11 heteroatoms. The lowest BCUT2D eigenvalue weighted by Crippen LogP contribution is -2.21. The highest BCUT2D eigenvalue weighted by atomic mass is 32.5. The summed E-state index contributed by atoms with van der Waals surface area (Å²) in [6.07, 6.45) is 2.22. The van der Waals surface area contributed by atoms with E-state index in [9.17, 15) is 0 Å². The van der Waals surface area contributed by atoms with Crippen LogP contribution in [0.3, 0.4) is 0 Å². The molecule has 9 nitrogen and oxygen atoms in total. The van der Waals surface area contributed by atoms with Gasteiger partial charge in [-0.05, 0) is 44.8 Å². The van der Waals surface area contributed by atoms with E-state index in [0.717, 1.165) is 25.9 Å². The summed E-state index contributed by atoms with van der Waals surface area (Å²) in [6, 6.07) is 0. The molecule has 0 unspecified atom stereocenters. The van der Waals surface area contributed by atoms with Crippen LogP contribution in [0.5, 0.6) is 0 Å². The van der Waals surface area contributed by atoms with Crippen molar-refractivity contribution in [1.82, 2.24) is 10.6 Å². The van der Waals surface area contributed by atoms with Gasteiger partial charge in [0.15, 0.2) is 0 Å². The van der Waals surface area contributed by atoms with Gasteiger partial charge in [0.25, 0.3) is 0 Å². The zero-order valence-electron chi connectivity index (χ0n) is 10.4. The second kappa shape index (κ2) is 19.6. The molecule has 0 aliphatic rings. The standard InChI is InChI=1S/C7H19N2O3PS.4H2O/c1-8-4-2-3-5-9-6-7-12-13(10,11)14;;;;/h8-9H,2-7H2,1H3,(H2,10,11,14);4*1H2. The first-order chi connectivity index (χ1) is 6.56. The second-order valence-corrected chi connectivity index (χ2v) is 5.55. The summed E-state index contributed by atoms with van der Waals surface area (Å²) >= 11 is 4.28. The zero-order valence-corrected chi connectivity index (χ0v) is 12.1. The Morgan fingerprint density at radius 1 is 1.00 bits per heavy atom. The number of unbranched alkanes of at least 4 members (excludes halogenated alkanes) is 1. The van der Waals surface area contributed by atoms with Gasteiger partial charge < -0.3 is 46.8 Å². The monoisotopic (exact) mass is 314 g/mol. The maximum absolute atomic E-state index is 8.71. The van der Waals surface area contributed by atoms with Crippen molar-refractivity contribution in [2.75, 3.05) is 33.3 Å². The first-order valence-corrected chi connectivity index (χ1v) is 7.24. The van der Waals surface area contributed by atoms with Gasteiger partial charge in [-0.2, -0.15) is 0 Å². The van der Waals surface area contributed by atoms with Crippen molar-refractivity contribution in [2.24, 2.45) is 0 Å². The highest BCUT2D eigenvalue weighted by molar-refractivity contribution is 8.06. The summed E-state index contributed by atoms with van der Waals surface area (Å²) in [5.41, 5.74) is 0. The van der Waals surface area contributed by atoms with Gasteiger partial charge in [-0.15, -0.1) is 0 Å². The van der Waals surface area contributed by atoms with E-state index in [2.05, 4.69) is 27.0 Å². The zero-order chi connectivity index (χ0) is 10.9. The molecule has 0 bridgehead atoms. The molecule has 0 aromatic heterocycles. The van der Waals surface area contributed by atoms with Crippen LogP contribution in [0, 0.1) is 0 Å². The molecule has 0 fully saturated rings. The second-order valence-electron chi connectivity index (χ2n) is 2.88. The molecule has 0 atom stereocenters. The summed E-state index contributed by atoms with van der Waals surface area (Å²) in [5, 5.41) is 6.18. The summed E-state index contributed by atoms with van der Waals surface area (Å²) in [4.78, 5) is 17.4. The first kappa shape index (κ1) is 31.0. The molecule has 0 saturated carbocycles. The third-order valence-corrected chi connectivity index (χ3v) is 2.40. The van der Waals surface area contributed by atoms with Crippen molar-refractivity contribution < 1.29 is 36.2 Å². The lowest BCUT2D eigenvalue weighted by atomic mass is 10.3. The third-order valence-electron chi connectivity index (χ3n) is 1.57. The summed E-state index contributed by atoms with van der Waals surface area (Å²) in [5.74, 6) is 0. The minimum Gasteiger partial charge on any atom is -0.412 e.